The van der Waals surface area contributed by atoms with Crippen LogP contribution in [-0.4, -0.2) is 37.6 Å². The quantitative estimate of drug-likeness (QED) is 0.427. The molecule has 0 aliphatic rings. The van der Waals surface area contributed by atoms with Crippen molar-refractivity contribution in [3.63, 3.8) is 0 Å². The fourth-order valence-corrected chi connectivity index (χ4v) is 1.64. The molecule has 1 aromatic carbocycles. The van der Waals surface area contributed by atoms with Gasteiger partial charge >= 0.3 is 0 Å². The number of ether oxygens (including phenoxy) is 1. The number of amides is 1. The molecule has 7 nitrogen and oxygen atoms in total. The minimum absolute atomic E-state index is 0.00962. The highest BCUT2D eigenvalue weighted by Crippen LogP contribution is 2.24. The Kier molecular flexibility index (Phi) is 6.45. The Morgan fingerprint density at radius 3 is 2.80 bits per heavy atom. The van der Waals surface area contributed by atoms with Gasteiger partial charge in [-0.15, -0.1) is 0 Å². The number of nitro groups is 1. The summed E-state index contributed by atoms with van der Waals surface area (Å²) in [5.41, 5.74) is 1.36. The molecule has 1 aromatic rings. The summed E-state index contributed by atoms with van der Waals surface area (Å²) in [6, 6.07) is 4.83. The van der Waals surface area contributed by atoms with Crippen molar-refractivity contribution in [1.82, 2.24) is 5.32 Å². The lowest BCUT2D eigenvalue weighted by molar-refractivity contribution is -0.384. The zero-order valence-electron chi connectivity index (χ0n) is 11.6. The summed E-state index contributed by atoms with van der Waals surface area (Å²) in [6.45, 7) is 3.11. The number of carbonyl (C=O) groups excluding carboxylic acids is 1. The van der Waals surface area contributed by atoms with Crippen LogP contribution in [0, 0.1) is 17.0 Å². The van der Waals surface area contributed by atoms with Crippen molar-refractivity contribution in [2.75, 3.05) is 32.1 Å². The topological polar surface area (TPSA) is 93.5 Å². The van der Waals surface area contributed by atoms with Crippen molar-refractivity contribution in [1.29, 1.82) is 0 Å². The maximum Gasteiger partial charge on any atom is 0.292 e. The number of aryl methyl sites for hydroxylation is 1. The highest BCUT2D eigenvalue weighted by molar-refractivity contribution is 5.76. The monoisotopic (exact) mass is 281 g/mol. The van der Waals surface area contributed by atoms with Crippen LogP contribution in [0.5, 0.6) is 0 Å². The Labute approximate surface area is 117 Å². The first-order valence-corrected chi connectivity index (χ1v) is 6.29. The number of hydrogen-bond donors (Lipinski definition) is 2. The molecule has 0 fully saturated rings. The zero-order valence-corrected chi connectivity index (χ0v) is 11.6. The van der Waals surface area contributed by atoms with Crippen molar-refractivity contribution < 1.29 is 14.5 Å². The number of nitro benzene ring substituents is 1. The number of benzene rings is 1. The standard InChI is InChI=1S/C13H19N3O4/c1-10-3-4-12(16(18)19)11(9-10)14-6-5-13(17)15-7-8-20-2/h3-4,9,14H,5-8H2,1-2H3,(H,15,17). The molecule has 0 aliphatic heterocycles. The number of methoxy groups -OCH3 is 1. The summed E-state index contributed by atoms with van der Waals surface area (Å²) in [5.74, 6) is -0.121. The van der Waals surface area contributed by atoms with Gasteiger partial charge in [0.15, 0.2) is 0 Å². The third kappa shape index (κ3) is 5.23. The van der Waals surface area contributed by atoms with Crippen LogP contribution in [0.1, 0.15) is 12.0 Å². The fraction of sp³-hybridized carbons (Fsp3) is 0.462. The van der Waals surface area contributed by atoms with E-state index in [-0.39, 0.29) is 18.0 Å². The van der Waals surface area contributed by atoms with Crippen LogP contribution < -0.4 is 10.6 Å². The third-order valence-corrected chi connectivity index (χ3v) is 2.64. The Morgan fingerprint density at radius 2 is 2.15 bits per heavy atom. The number of nitrogens with zero attached hydrogens (tertiary/aromatic N) is 1. The zero-order chi connectivity index (χ0) is 15.0. The van der Waals surface area contributed by atoms with Crippen LogP contribution in [0.2, 0.25) is 0 Å². The highest BCUT2D eigenvalue weighted by atomic mass is 16.6. The summed E-state index contributed by atoms with van der Waals surface area (Å²) in [6.07, 6.45) is 0.245. The molecule has 0 bridgehead atoms. The van der Waals surface area contributed by atoms with E-state index >= 15 is 0 Å². The first-order valence-electron chi connectivity index (χ1n) is 6.29. The number of carbonyl (C=O) groups is 1. The van der Waals surface area contributed by atoms with Crippen molar-refractivity contribution in [2.24, 2.45) is 0 Å². The molecule has 20 heavy (non-hydrogen) atoms. The molecule has 1 rings (SSSR count). The summed E-state index contributed by atoms with van der Waals surface area (Å²) in [5, 5.41) is 16.5. The molecule has 0 spiro atoms. The third-order valence-electron chi connectivity index (χ3n) is 2.64. The molecule has 0 heterocycles. The highest BCUT2D eigenvalue weighted by Gasteiger charge is 2.13. The number of anilines is 1. The van der Waals surface area contributed by atoms with Gasteiger partial charge in [0.25, 0.3) is 5.69 Å². The molecule has 0 aromatic heterocycles. The molecule has 1 amide bonds. The average molecular weight is 281 g/mol. The van der Waals surface area contributed by atoms with Gasteiger partial charge in [0.05, 0.1) is 11.5 Å². The van der Waals surface area contributed by atoms with Crippen LogP contribution in [0.3, 0.4) is 0 Å². The van der Waals surface area contributed by atoms with Crippen LogP contribution in [0.25, 0.3) is 0 Å². The Morgan fingerprint density at radius 1 is 1.40 bits per heavy atom. The minimum atomic E-state index is -0.444. The molecular weight excluding hydrogens is 262 g/mol. The van der Waals surface area contributed by atoms with Crippen LogP contribution in [0.15, 0.2) is 18.2 Å². The van der Waals surface area contributed by atoms with Gasteiger partial charge in [0.2, 0.25) is 5.91 Å². The van der Waals surface area contributed by atoms with Crippen molar-refractivity contribution in [2.45, 2.75) is 13.3 Å². The molecule has 0 unspecified atom stereocenters. The number of hydrogen-bond acceptors (Lipinski definition) is 5. The van der Waals surface area contributed by atoms with Crippen LogP contribution in [-0.2, 0) is 9.53 Å². The van der Waals surface area contributed by atoms with Gasteiger partial charge in [-0.1, -0.05) is 6.07 Å². The van der Waals surface area contributed by atoms with Crippen molar-refractivity contribution >= 4 is 17.3 Å². The van der Waals surface area contributed by atoms with E-state index in [0.717, 1.165) is 5.56 Å². The first kappa shape index (κ1) is 15.9. The fourth-order valence-electron chi connectivity index (χ4n) is 1.64. The summed E-state index contributed by atoms with van der Waals surface area (Å²) in [7, 11) is 1.56. The van der Waals surface area contributed by atoms with Crippen molar-refractivity contribution in [3.8, 4) is 0 Å². The summed E-state index contributed by atoms with van der Waals surface area (Å²) in [4.78, 5) is 21.9. The molecule has 0 saturated heterocycles. The predicted octanol–water partition coefficient (Wildman–Crippen LogP) is 1.47. The Balaban J connectivity index is 2.47. The van der Waals surface area contributed by atoms with Gasteiger partial charge in [-0.2, -0.15) is 0 Å². The lowest BCUT2D eigenvalue weighted by Crippen LogP contribution is -2.28. The average Bonchev–Trinajstić information content (AvgIpc) is 2.38. The molecule has 0 atom stereocenters. The lowest BCUT2D eigenvalue weighted by Gasteiger charge is -2.08. The largest absolute Gasteiger partial charge is 0.383 e. The maximum absolute atomic E-state index is 11.5. The Hall–Kier alpha value is -2.15. The molecular formula is C13H19N3O4. The predicted molar refractivity (Wildman–Crippen MR) is 75.8 cm³/mol. The van der Waals surface area contributed by atoms with E-state index in [0.29, 0.717) is 25.4 Å². The normalized spacial score (nSPS) is 10.1. The maximum atomic E-state index is 11.5. The number of nitrogens with one attached hydrogen (secondary N) is 2. The van der Waals surface area contributed by atoms with Gasteiger partial charge in [0.1, 0.15) is 5.69 Å². The minimum Gasteiger partial charge on any atom is -0.383 e. The second-order valence-corrected chi connectivity index (χ2v) is 4.30. The molecule has 110 valence electrons. The molecule has 0 saturated carbocycles. The van der Waals surface area contributed by atoms with E-state index < -0.39 is 4.92 Å². The van der Waals surface area contributed by atoms with E-state index in [2.05, 4.69) is 10.6 Å². The van der Waals surface area contributed by atoms with E-state index in [1.54, 1.807) is 19.2 Å². The Bertz CT molecular complexity index is 477. The second-order valence-electron chi connectivity index (χ2n) is 4.30. The van der Waals surface area contributed by atoms with Gasteiger partial charge in [-0.25, -0.2) is 0 Å². The molecule has 7 heteroatoms. The lowest BCUT2D eigenvalue weighted by atomic mass is 10.2. The van der Waals surface area contributed by atoms with Gasteiger partial charge in [-0.05, 0) is 18.6 Å². The van der Waals surface area contributed by atoms with Crippen molar-refractivity contribution in [3.05, 3.63) is 33.9 Å². The van der Waals surface area contributed by atoms with E-state index in [4.69, 9.17) is 4.74 Å². The van der Waals surface area contributed by atoms with Gasteiger partial charge in [0, 0.05) is 32.7 Å². The van der Waals surface area contributed by atoms with Crippen LogP contribution >= 0.6 is 0 Å². The van der Waals surface area contributed by atoms with Gasteiger partial charge < -0.3 is 15.4 Å². The number of rotatable bonds is 8. The SMILES string of the molecule is COCCNC(=O)CCNc1cc(C)ccc1[N+](=O)[O-]. The molecule has 0 aliphatic carbocycles. The van der Waals surface area contributed by atoms with Crippen LogP contribution in [0.4, 0.5) is 11.4 Å². The van der Waals surface area contributed by atoms with E-state index in [1.165, 1.54) is 6.07 Å². The summed E-state index contributed by atoms with van der Waals surface area (Å²) >= 11 is 0. The molecule has 2 N–H and O–H groups in total. The summed E-state index contributed by atoms with van der Waals surface area (Å²) < 4.78 is 4.82. The smallest absolute Gasteiger partial charge is 0.292 e. The molecule has 0 radical (unpaired) electrons. The van der Waals surface area contributed by atoms with Gasteiger partial charge in [-0.3, -0.25) is 14.9 Å². The second kappa shape index (κ2) is 8.11. The van der Waals surface area contributed by atoms with E-state index in [1.807, 2.05) is 6.92 Å². The first-order chi connectivity index (χ1) is 9.54. The van der Waals surface area contributed by atoms with E-state index in [9.17, 15) is 14.9 Å².